The fraction of sp³-hybridized carbons (Fsp3) is 0.417. The van der Waals surface area contributed by atoms with Gasteiger partial charge in [0.05, 0.1) is 18.6 Å². The van der Waals surface area contributed by atoms with E-state index >= 15 is 0 Å². The maximum atomic E-state index is 13.7. The molecule has 0 aliphatic rings. The molecule has 0 saturated heterocycles. The van der Waals surface area contributed by atoms with Crippen molar-refractivity contribution in [2.45, 2.75) is 6.92 Å². The number of hydrogen-bond donors (Lipinski definition) is 3. The molecular weight excluding hydrogens is 301 g/mol. The molecule has 0 spiro atoms. The van der Waals surface area contributed by atoms with Crippen LogP contribution in [-0.2, 0) is 10.0 Å². The van der Waals surface area contributed by atoms with Gasteiger partial charge in [0.15, 0.2) is 0 Å². The van der Waals surface area contributed by atoms with E-state index in [1.807, 2.05) is 0 Å². The summed E-state index contributed by atoms with van der Waals surface area (Å²) in [5, 5.41) is 4.72. The SMILES string of the molecule is CCOc1ccc(NC(=O)NCCNS(C)(=O)=O)c(F)c1. The van der Waals surface area contributed by atoms with Gasteiger partial charge in [-0.3, -0.25) is 0 Å². The molecule has 1 rings (SSSR count). The number of halogens is 1. The zero-order valence-corrected chi connectivity index (χ0v) is 12.6. The van der Waals surface area contributed by atoms with Crippen molar-refractivity contribution in [3.05, 3.63) is 24.0 Å². The van der Waals surface area contributed by atoms with E-state index in [9.17, 15) is 17.6 Å². The summed E-state index contributed by atoms with van der Waals surface area (Å²) in [4.78, 5) is 11.5. The van der Waals surface area contributed by atoms with Gasteiger partial charge < -0.3 is 15.4 Å². The first-order valence-electron chi connectivity index (χ1n) is 6.23. The highest BCUT2D eigenvalue weighted by molar-refractivity contribution is 7.88. The zero-order valence-electron chi connectivity index (χ0n) is 11.8. The number of sulfonamides is 1. The molecule has 118 valence electrons. The Morgan fingerprint density at radius 2 is 2.05 bits per heavy atom. The number of carbonyl (C=O) groups excluding carboxylic acids is 1. The van der Waals surface area contributed by atoms with Gasteiger partial charge in [0.1, 0.15) is 11.6 Å². The number of anilines is 1. The molecule has 7 nitrogen and oxygen atoms in total. The van der Waals surface area contributed by atoms with Crippen molar-refractivity contribution >= 4 is 21.7 Å². The van der Waals surface area contributed by atoms with E-state index < -0.39 is 21.9 Å². The summed E-state index contributed by atoms with van der Waals surface area (Å²) in [7, 11) is -3.29. The van der Waals surface area contributed by atoms with Gasteiger partial charge in [-0.1, -0.05) is 0 Å². The molecule has 0 saturated carbocycles. The highest BCUT2D eigenvalue weighted by Gasteiger charge is 2.08. The van der Waals surface area contributed by atoms with Crippen molar-refractivity contribution in [1.29, 1.82) is 0 Å². The van der Waals surface area contributed by atoms with Crippen LogP contribution < -0.4 is 20.1 Å². The Morgan fingerprint density at radius 3 is 2.62 bits per heavy atom. The summed E-state index contributed by atoms with van der Waals surface area (Å²) in [6.07, 6.45) is 1.02. The largest absolute Gasteiger partial charge is 0.494 e. The molecule has 0 heterocycles. The molecule has 21 heavy (non-hydrogen) atoms. The first-order chi connectivity index (χ1) is 9.81. The number of ether oxygens (including phenoxy) is 1. The van der Waals surface area contributed by atoms with Crippen LogP contribution in [0.3, 0.4) is 0 Å². The smallest absolute Gasteiger partial charge is 0.319 e. The van der Waals surface area contributed by atoms with Crippen LogP contribution >= 0.6 is 0 Å². The van der Waals surface area contributed by atoms with Crippen LogP contribution in [0.1, 0.15) is 6.92 Å². The van der Waals surface area contributed by atoms with Gasteiger partial charge in [-0.2, -0.15) is 0 Å². The van der Waals surface area contributed by atoms with Crippen molar-refractivity contribution in [1.82, 2.24) is 10.0 Å². The molecule has 0 unspecified atom stereocenters. The standard InChI is InChI=1S/C12H18FN3O4S/c1-3-20-9-4-5-11(10(13)8-9)16-12(17)14-6-7-15-21(2,18)19/h4-5,8,15H,3,6-7H2,1-2H3,(H2,14,16,17). The molecule has 3 N–H and O–H groups in total. The predicted molar refractivity (Wildman–Crippen MR) is 77.4 cm³/mol. The molecule has 1 aromatic rings. The minimum Gasteiger partial charge on any atom is -0.494 e. The third kappa shape index (κ3) is 6.91. The minimum absolute atomic E-state index is 0.00650. The van der Waals surface area contributed by atoms with Crippen molar-refractivity contribution in [2.24, 2.45) is 0 Å². The van der Waals surface area contributed by atoms with Crippen LogP contribution in [0.15, 0.2) is 18.2 Å². The van der Waals surface area contributed by atoms with Crippen molar-refractivity contribution in [3.8, 4) is 5.75 Å². The predicted octanol–water partition coefficient (Wildman–Crippen LogP) is 0.895. The van der Waals surface area contributed by atoms with E-state index in [1.165, 1.54) is 18.2 Å². The molecule has 0 fully saturated rings. The second kappa shape index (κ2) is 7.79. The topological polar surface area (TPSA) is 96.5 Å². The van der Waals surface area contributed by atoms with E-state index in [4.69, 9.17) is 4.74 Å². The molecule has 0 aliphatic heterocycles. The Hall–Kier alpha value is -1.87. The average molecular weight is 319 g/mol. The minimum atomic E-state index is -3.29. The van der Waals surface area contributed by atoms with Crippen LogP contribution in [0.25, 0.3) is 0 Å². The normalized spacial score (nSPS) is 11.0. The first-order valence-corrected chi connectivity index (χ1v) is 8.13. The van der Waals surface area contributed by atoms with Gasteiger partial charge in [0.25, 0.3) is 0 Å². The number of carbonyl (C=O) groups is 1. The molecule has 9 heteroatoms. The number of hydrogen-bond acceptors (Lipinski definition) is 4. The van der Waals surface area contributed by atoms with E-state index in [0.717, 1.165) is 6.26 Å². The van der Waals surface area contributed by atoms with Crippen molar-refractivity contribution in [3.63, 3.8) is 0 Å². The summed E-state index contributed by atoms with van der Waals surface area (Å²) < 4.78 is 42.6. The van der Waals surface area contributed by atoms with Crippen LogP contribution in [0, 0.1) is 5.82 Å². The van der Waals surface area contributed by atoms with Crippen LogP contribution in [0.5, 0.6) is 5.75 Å². The van der Waals surface area contributed by atoms with Gasteiger partial charge in [-0.15, -0.1) is 0 Å². The van der Waals surface area contributed by atoms with Gasteiger partial charge in [-0.25, -0.2) is 22.3 Å². The lowest BCUT2D eigenvalue weighted by atomic mass is 10.3. The lowest BCUT2D eigenvalue weighted by Crippen LogP contribution is -2.36. The van der Waals surface area contributed by atoms with E-state index in [2.05, 4.69) is 15.4 Å². The first kappa shape index (κ1) is 17.2. The molecule has 0 bridgehead atoms. The summed E-state index contributed by atoms with van der Waals surface area (Å²) >= 11 is 0. The van der Waals surface area contributed by atoms with Gasteiger partial charge in [0.2, 0.25) is 10.0 Å². The summed E-state index contributed by atoms with van der Waals surface area (Å²) in [5.74, 6) is -0.247. The number of benzene rings is 1. The highest BCUT2D eigenvalue weighted by Crippen LogP contribution is 2.20. The second-order valence-corrected chi connectivity index (χ2v) is 5.96. The third-order valence-corrected chi connectivity index (χ3v) is 3.00. The molecule has 2 amide bonds. The molecule has 0 aliphatic carbocycles. The Balaban J connectivity index is 2.44. The summed E-state index contributed by atoms with van der Waals surface area (Å²) in [5.41, 5.74) is 0.00650. The fourth-order valence-electron chi connectivity index (χ4n) is 1.43. The van der Waals surface area contributed by atoms with E-state index in [-0.39, 0.29) is 18.8 Å². The van der Waals surface area contributed by atoms with Crippen LogP contribution in [-0.4, -0.2) is 40.4 Å². The quantitative estimate of drug-likeness (QED) is 0.650. The Bertz CT molecular complexity index is 592. The monoisotopic (exact) mass is 319 g/mol. The Morgan fingerprint density at radius 1 is 1.33 bits per heavy atom. The number of urea groups is 1. The van der Waals surface area contributed by atoms with Gasteiger partial charge in [0, 0.05) is 19.2 Å². The molecule has 0 atom stereocenters. The third-order valence-electron chi connectivity index (χ3n) is 2.27. The summed E-state index contributed by atoms with van der Waals surface area (Å²) in [6.45, 7) is 2.33. The Kier molecular flexibility index (Phi) is 6.38. The number of nitrogens with one attached hydrogen (secondary N) is 3. The lowest BCUT2D eigenvalue weighted by Gasteiger charge is -2.10. The van der Waals surface area contributed by atoms with Gasteiger partial charge in [-0.05, 0) is 19.1 Å². The summed E-state index contributed by atoms with van der Waals surface area (Å²) in [6, 6.07) is 3.46. The molecular formula is C12H18FN3O4S. The molecule has 0 aromatic heterocycles. The number of amides is 2. The molecule has 0 radical (unpaired) electrons. The maximum absolute atomic E-state index is 13.7. The van der Waals surface area contributed by atoms with Crippen LogP contribution in [0.2, 0.25) is 0 Å². The zero-order chi connectivity index (χ0) is 15.9. The number of rotatable bonds is 7. The average Bonchev–Trinajstić information content (AvgIpc) is 2.37. The van der Waals surface area contributed by atoms with Crippen molar-refractivity contribution in [2.75, 3.05) is 31.3 Å². The van der Waals surface area contributed by atoms with E-state index in [1.54, 1.807) is 6.92 Å². The van der Waals surface area contributed by atoms with Crippen molar-refractivity contribution < 1.29 is 22.3 Å². The lowest BCUT2D eigenvalue weighted by molar-refractivity contribution is 0.252. The van der Waals surface area contributed by atoms with Crippen LogP contribution in [0.4, 0.5) is 14.9 Å². The second-order valence-electron chi connectivity index (χ2n) is 4.12. The van der Waals surface area contributed by atoms with Gasteiger partial charge >= 0.3 is 6.03 Å². The van der Waals surface area contributed by atoms with E-state index in [0.29, 0.717) is 12.4 Å². The molecule has 1 aromatic carbocycles. The maximum Gasteiger partial charge on any atom is 0.319 e. The fourth-order valence-corrected chi connectivity index (χ4v) is 1.91. The Labute approximate surface area is 122 Å². The highest BCUT2D eigenvalue weighted by atomic mass is 32.2.